The van der Waals surface area contributed by atoms with E-state index in [-0.39, 0.29) is 25.6 Å². The van der Waals surface area contributed by atoms with Crippen molar-refractivity contribution in [2.75, 3.05) is 38.8 Å². The van der Waals surface area contributed by atoms with Gasteiger partial charge in [0.1, 0.15) is 30.0 Å². The van der Waals surface area contributed by atoms with Crippen LogP contribution in [0.4, 0.5) is 5.82 Å². The second-order valence-electron chi connectivity index (χ2n) is 11.3. The van der Waals surface area contributed by atoms with Gasteiger partial charge in [-0.25, -0.2) is 4.79 Å². The zero-order valence-corrected chi connectivity index (χ0v) is 23.0. The van der Waals surface area contributed by atoms with E-state index in [9.17, 15) is 29.7 Å². The third kappa shape index (κ3) is 7.66. The SMILES string of the molecule is CC(C)(CO)COC1C(OC(=O)C(C)(C)CO)[C@@H](COC(=O)C(C)(C)CO)S[C@H]1n1ccc(N)nc1=O. The maximum absolute atomic E-state index is 13.0. The van der Waals surface area contributed by atoms with Gasteiger partial charge in [0.15, 0.2) is 0 Å². The summed E-state index contributed by atoms with van der Waals surface area (Å²) in [5.41, 5.74) is 1.99. The Hall–Kier alpha value is -2.19. The van der Waals surface area contributed by atoms with Gasteiger partial charge in [0.05, 0.1) is 42.5 Å². The lowest BCUT2D eigenvalue weighted by Gasteiger charge is -2.32. The molecule has 4 atom stereocenters. The van der Waals surface area contributed by atoms with Crippen LogP contribution in [0, 0.1) is 16.2 Å². The molecule has 0 amide bonds. The number of nitrogen functional groups attached to an aromatic ring is 1. The van der Waals surface area contributed by atoms with Crippen molar-refractivity contribution in [2.45, 2.75) is 64.4 Å². The van der Waals surface area contributed by atoms with Crippen LogP contribution in [0.3, 0.4) is 0 Å². The maximum atomic E-state index is 13.0. The fraction of sp³-hybridized carbons (Fsp3) is 0.750. The zero-order valence-electron chi connectivity index (χ0n) is 22.2. The average molecular weight is 546 g/mol. The summed E-state index contributed by atoms with van der Waals surface area (Å²) in [5.74, 6) is -1.32. The smallest absolute Gasteiger partial charge is 0.350 e. The molecule has 1 aliphatic heterocycles. The Morgan fingerprint density at radius 2 is 1.62 bits per heavy atom. The number of thioether (sulfide) groups is 1. The summed E-state index contributed by atoms with van der Waals surface area (Å²) in [4.78, 5) is 42.0. The van der Waals surface area contributed by atoms with E-state index in [1.165, 1.54) is 56.3 Å². The lowest BCUT2D eigenvalue weighted by molar-refractivity contribution is -0.173. The molecule has 1 fully saturated rings. The number of ether oxygens (including phenoxy) is 3. The molecule has 5 N–H and O–H groups in total. The van der Waals surface area contributed by atoms with Crippen molar-refractivity contribution in [1.29, 1.82) is 0 Å². The molecule has 1 aromatic rings. The Kier molecular flexibility index (Phi) is 10.2. The van der Waals surface area contributed by atoms with E-state index in [0.717, 1.165) is 0 Å². The van der Waals surface area contributed by atoms with E-state index >= 15 is 0 Å². The lowest BCUT2D eigenvalue weighted by Crippen LogP contribution is -2.45. The first-order valence-electron chi connectivity index (χ1n) is 11.9. The van der Waals surface area contributed by atoms with Crippen molar-refractivity contribution >= 4 is 29.5 Å². The summed E-state index contributed by atoms with van der Waals surface area (Å²) in [6.45, 7) is 8.45. The predicted molar refractivity (Wildman–Crippen MR) is 137 cm³/mol. The number of aliphatic hydroxyl groups is 3. The number of carbonyl (C=O) groups is 2. The van der Waals surface area contributed by atoms with Gasteiger partial charge in [-0.05, 0) is 33.8 Å². The predicted octanol–water partition coefficient (Wildman–Crippen LogP) is 0.335. The third-order valence-electron chi connectivity index (χ3n) is 6.02. The molecule has 1 aromatic heterocycles. The van der Waals surface area contributed by atoms with E-state index in [4.69, 9.17) is 19.9 Å². The largest absolute Gasteiger partial charge is 0.464 e. The van der Waals surface area contributed by atoms with Crippen LogP contribution in [0.25, 0.3) is 0 Å². The van der Waals surface area contributed by atoms with Crippen LogP contribution in [0.15, 0.2) is 17.1 Å². The summed E-state index contributed by atoms with van der Waals surface area (Å²) < 4.78 is 18.8. The molecule has 1 saturated heterocycles. The molecule has 0 saturated carbocycles. The molecular formula is C24H39N3O9S. The number of nitrogens with two attached hydrogens (primary N) is 1. The quantitative estimate of drug-likeness (QED) is 0.264. The minimum Gasteiger partial charge on any atom is -0.464 e. The van der Waals surface area contributed by atoms with Gasteiger partial charge >= 0.3 is 17.6 Å². The topological polar surface area (TPSA) is 183 Å². The van der Waals surface area contributed by atoms with Crippen molar-refractivity contribution in [3.63, 3.8) is 0 Å². The Balaban J connectivity index is 2.48. The van der Waals surface area contributed by atoms with E-state index in [1.807, 2.05) is 0 Å². The molecule has 12 nitrogen and oxygen atoms in total. The first kappa shape index (κ1) is 31.0. The molecule has 2 heterocycles. The van der Waals surface area contributed by atoms with Gasteiger partial charge in [0, 0.05) is 11.6 Å². The van der Waals surface area contributed by atoms with Crippen LogP contribution < -0.4 is 11.4 Å². The first-order valence-corrected chi connectivity index (χ1v) is 12.9. The number of anilines is 1. The van der Waals surface area contributed by atoms with Crippen LogP contribution >= 0.6 is 11.8 Å². The van der Waals surface area contributed by atoms with Crippen LogP contribution in [-0.2, 0) is 23.8 Å². The Morgan fingerprint density at radius 1 is 1.03 bits per heavy atom. The van der Waals surface area contributed by atoms with Gasteiger partial charge in [-0.15, -0.1) is 11.8 Å². The van der Waals surface area contributed by atoms with Crippen LogP contribution in [0.5, 0.6) is 0 Å². The number of carbonyl (C=O) groups excluding carboxylic acids is 2. The fourth-order valence-corrected chi connectivity index (χ4v) is 4.69. The van der Waals surface area contributed by atoms with Crippen LogP contribution in [0.2, 0.25) is 0 Å². The molecule has 0 spiro atoms. The Labute approximate surface area is 220 Å². The highest BCUT2D eigenvalue weighted by Crippen LogP contribution is 2.45. The number of nitrogens with zero attached hydrogens (tertiary/aromatic N) is 2. The molecule has 1 aliphatic rings. The summed E-state index contributed by atoms with van der Waals surface area (Å²) in [6.07, 6.45) is -0.459. The summed E-state index contributed by atoms with van der Waals surface area (Å²) in [5, 5.41) is 27.5. The fourth-order valence-electron chi connectivity index (χ4n) is 3.14. The number of aliphatic hydroxyl groups excluding tert-OH is 3. The molecule has 0 bridgehead atoms. The summed E-state index contributed by atoms with van der Waals surface area (Å²) in [6, 6.07) is 1.45. The summed E-state index contributed by atoms with van der Waals surface area (Å²) >= 11 is 1.19. The number of aromatic nitrogens is 2. The minimum atomic E-state index is -1.22. The average Bonchev–Trinajstić information content (AvgIpc) is 3.17. The van der Waals surface area contributed by atoms with Crippen molar-refractivity contribution in [2.24, 2.45) is 16.2 Å². The zero-order chi connectivity index (χ0) is 28.2. The standard InChI is InChI=1S/C24H39N3O9S/c1-22(2,10-28)13-35-17-16(36-20(32)24(5,6)12-30)14(9-34-19(31)23(3,4)11-29)37-18(17)27-8-7-15(25)26-21(27)33/h7-8,14,16-18,28-30H,9-13H2,1-6H3,(H2,25,26,33)/t14-,16?,17?,18-/m1/s1. The van der Waals surface area contributed by atoms with Gasteiger partial charge in [-0.1, -0.05) is 13.8 Å². The van der Waals surface area contributed by atoms with Gasteiger partial charge in [0.25, 0.3) is 0 Å². The highest BCUT2D eigenvalue weighted by Gasteiger charge is 2.51. The lowest BCUT2D eigenvalue weighted by atomic mass is 9.94. The van der Waals surface area contributed by atoms with E-state index in [1.54, 1.807) is 13.8 Å². The Morgan fingerprint density at radius 3 is 2.16 bits per heavy atom. The second-order valence-corrected chi connectivity index (χ2v) is 12.6. The molecular weight excluding hydrogens is 506 g/mol. The summed E-state index contributed by atoms with van der Waals surface area (Å²) in [7, 11) is 0. The van der Waals surface area contributed by atoms with E-state index in [0.29, 0.717) is 0 Å². The van der Waals surface area contributed by atoms with Gasteiger partial charge < -0.3 is 35.3 Å². The van der Waals surface area contributed by atoms with Crippen molar-refractivity contribution in [1.82, 2.24) is 9.55 Å². The molecule has 0 radical (unpaired) electrons. The first-order chi connectivity index (χ1) is 17.1. The molecule has 37 heavy (non-hydrogen) atoms. The third-order valence-corrected chi connectivity index (χ3v) is 7.55. The highest BCUT2D eigenvalue weighted by atomic mass is 32.2. The number of hydrogen-bond donors (Lipinski definition) is 4. The monoisotopic (exact) mass is 545 g/mol. The van der Waals surface area contributed by atoms with Crippen molar-refractivity contribution in [3.05, 3.63) is 22.7 Å². The molecule has 2 rings (SSSR count). The number of hydrogen-bond acceptors (Lipinski definition) is 12. The van der Waals surface area contributed by atoms with Gasteiger partial charge in [0.2, 0.25) is 0 Å². The molecule has 13 heteroatoms. The maximum Gasteiger partial charge on any atom is 0.350 e. The normalized spacial score (nSPS) is 22.6. The van der Waals surface area contributed by atoms with Crippen molar-refractivity contribution < 1.29 is 39.1 Å². The number of rotatable bonds is 12. The Bertz CT molecular complexity index is 1010. The van der Waals surface area contributed by atoms with Crippen LogP contribution in [-0.4, -0.2) is 87.3 Å². The van der Waals surface area contributed by atoms with Gasteiger partial charge in [-0.3, -0.25) is 14.2 Å². The molecule has 2 unspecified atom stereocenters. The molecule has 210 valence electrons. The molecule has 0 aromatic carbocycles. The van der Waals surface area contributed by atoms with E-state index in [2.05, 4.69) is 4.98 Å². The minimum absolute atomic E-state index is 0.0347. The number of esters is 2. The highest BCUT2D eigenvalue weighted by molar-refractivity contribution is 8.00. The van der Waals surface area contributed by atoms with Crippen LogP contribution in [0.1, 0.15) is 46.9 Å². The second kappa shape index (κ2) is 12.1. The van der Waals surface area contributed by atoms with E-state index < -0.39 is 69.9 Å². The van der Waals surface area contributed by atoms with Crippen molar-refractivity contribution in [3.8, 4) is 0 Å². The van der Waals surface area contributed by atoms with Gasteiger partial charge in [-0.2, -0.15) is 4.98 Å². The molecule has 0 aliphatic carbocycles.